The third-order valence-electron chi connectivity index (χ3n) is 4.41. The maximum atomic E-state index is 9.43. The Morgan fingerprint density at radius 1 is 0.857 bits per heavy atom. The Kier molecular flexibility index (Phi) is 8.01. The Labute approximate surface area is 133 Å². The minimum Gasteiger partial charge on any atom is -0.411 e. The molecule has 118 valence electrons. The predicted octanol–water partition coefficient (Wildman–Crippen LogP) is 5.72. The van der Waals surface area contributed by atoms with Crippen LogP contribution in [0.1, 0.15) is 70.6 Å². The number of allylic oxidation sites excluding steroid dienone is 4. The molecule has 0 amide bonds. The van der Waals surface area contributed by atoms with E-state index in [0.29, 0.717) is 5.25 Å². The quantitative estimate of drug-likeness (QED) is 0.402. The average molecular weight is 308 g/mol. The predicted molar refractivity (Wildman–Crippen MR) is 93.5 cm³/mol. The minimum atomic E-state index is 0.399. The molecule has 0 aromatic carbocycles. The molecule has 0 aromatic rings. The van der Waals surface area contributed by atoms with E-state index in [1.165, 1.54) is 32.1 Å². The summed E-state index contributed by atoms with van der Waals surface area (Å²) in [7, 11) is 0. The Hall–Kier alpha value is -0.700. The number of hydrogen-bond acceptors (Lipinski definition) is 3. The fourth-order valence-electron chi connectivity index (χ4n) is 3.16. The van der Waals surface area contributed by atoms with E-state index in [2.05, 4.69) is 41.2 Å². The van der Waals surface area contributed by atoms with Crippen molar-refractivity contribution in [1.82, 2.24) is 0 Å². The van der Waals surface area contributed by atoms with Crippen molar-refractivity contribution >= 4 is 17.5 Å². The first-order chi connectivity index (χ1) is 10.4. The number of oxime groups is 1. The van der Waals surface area contributed by atoms with Gasteiger partial charge >= 0.3 is 0 Å². The van der Waals surface area contributed by atoms with Crippen molar-refractivity contribution in [3.05, 3.63) is 24.3 Å². The van der Waals surface area contributed by atoms with Crippen LogP contribution in [0.2, 0.25) is 0 Å². The second-order valence-electron chi connectivity index (χ2n) is 6.11. The maximum absolute atomic E-state index is 9.43. The first-order valence-corrected chi connectivity index (χ1v) is 9.50. The van der Waals surface area contributed by atoms with Crippen molar-refractivity contribution in [2.24, 2.45) is 5.16 Å². The number of hydrogen-bond donors (Lipinski definition) is 1. The van der Waals surface area contributed by atoms with Crippen LogP contribution in [0.25, 0.3) is 0 Å². The summed E-state index contributed by atoms with van der Waals surface area (Å²) in [5.41, 5.74) is 1.00. The monoisotopic (exact) mass is 307 g/mol. The molecule has 1 saturated carbocycles. The zero-order chi connectivity index (χ0) is 14.8. The largest absolute Gasteiger partial charge is 0.411 e. The average Bonchev–Trinajstić information content (AvgIpc) is 2.51. The standard InChI is InChI=1S/C18H29NOS/c20-19-17-14-10-5-3-1-2-4-6-11-15-18(17)21-16-12-8-7-9-13-16/h3-6,16,18,20H,1-2,7-15H2/b5-3+,6-4+,19-17-. The van der Waals surface area contributed by atoms with Gasteiger partial charge in [-0.05, 0) is 51.4 Å². The highest BCUT2D eigenvalue weighted by Crippen LogP contribution is 2.34. The highest BCUT2D eigenvalue weighted by Gasteiger charge is 2.23. The summed E-state index contributed by atoms with van der Waals surface area (Å²) in [6, 6.07) is 0. The van der Waals surface area contributed by atoms with Crippen molar-refractivity contribution in [1.29, 1.82) is 0 Å². The summed E-state index contributed by atoms with van der Waals surface area (Å²) in [4.78, 5) is 0. The van der Waals surface area contributed by atoms with Crippen LogP contribution in [-0.2, 0) is 0 Å². The van der Waals surface area contributed by atoms with E-state index in [1.54, 1.807) is 0 Å². The van der Waals surface area contributed by atoms with Gasteiger partial charge in [0, 0.05) is 10.5 Å². The van der Waals surface area contributed by atoms with E-state index in [-0.39, 0.29) is 0 Å². The van der Waals surface area contributed by atoms with Gasteiger partial charge in [-0.1, -0.05) is 48.7 Å². The van der Waals surface area contributed by atoms with Crippen LogP contribution < -0.4 is 0 Å². The van der Waals surface area contributed by atoms with Gasteiger partial charge in [0.05, 0.1) is 5.71 Å². The van der Waals surface area contributed by atoms with Crippen LogP contribution in [0, 0.1) is 0 Å². The SMILES string of the molecule is O/N=C1/CC/C=C/CC/C=C/CCC1SC1CCCCC1. The minimum absolute atomic E-state index is 0.399. The number of thioether (sulfide) groups is 1. The summed E-state index contributed by atoms with van der Waals surface area (Å²) in [5.74, 6) is 0. The lowest BCUT2D eigenvalue weighted by molar-refractivity contribution is 0.316. The molecular weight excluding hydrogens is 278 g/mol. The molecule has 1 fully saturated rings. The molecule has 2 rings (SSSR count). The Morgan fingerprint density at radius 2 is 1.52 bits per heavy atom. The lowest BCUT2D eigenvalue weighted by atomic mass is 10.0. The lowest BCUT2D eigenvalue weighted by Crippen LogP contribution is -2.22. The van der Waals surface area contributed by atoms with Crippen molar-refractivity contribution in [2.45, 2.75) is 81.1 Å². The van der Waals surface area contributed by atoms with E-state index in [1.807, 2.05) is 0 Å². The summed E-state index contributed by atoms with van der Waals surface area (Å²) >= 11 is 2.08. The highest BCUT2D eigenvalue weighted by molar-refractivity contribution is 8.01. The molecule has 0 aliphatic heterocycles. The molecule has 1 N–H and O–H groups in total. The second kappa shape index (κ2) is 10.1. The third kappa shape index (κ3) is 6.29. The van der Waals surface area contributed by atoms with Gasteiger partial charge in [0.25, 0.3) is 0 Å². The number of rotatable bonds is 2. The van der Waals surface area contributed by atoms with Crippen LogP contribution in [0.5, 0.6) is 0 Å². The molecule has 21 heavy (non-hydrogen) atoms. The van der Waals surface area contributed by atoms with Gasteiger partial charge in [-0.2, -0.15) is 0 Å². The Morgan fingerprint density at radius 3 is 2.24 bits per heavy atom. The Bertz CT molecular complexity index is 369. The summed E-state index contributed by atoms with van der Waals surface area (Å²) in [6.45, 7) is 0. The van der Waals surface area contributed by atoms with E-state index in [9.17, 15) is 5.21 Å². The van der Waals surface area contributed by atoms with E-state index >= 15 is 0 Å². The molecule has 0 heterocycles. The molecule has 2 nitrogen and oxygen atoms in total. The van der Waals surface area contributed by atoms with E-state index < -0.39 is 0 Å². The Balaban J connectivity index is 1.97. The topological polar surface area (TPSA) is 32.6 Å². The summed E-state index contributed by atoms with van der Waals surface area (Å²) < 4.78 is 0. The molecule has 1 atom stereocenters. The van der Waals surface area contributed by atoms with Gasteiger partial charge < -0.3 is 5.21 Å². The van der Waals surface area contributed by atoms with Crippen LogP contribution in [0.4, 0.5) is 0 Å². The van der Waals surface area contributed by atoms with Crippen LogP contribution in [-0.4, -0.2) is 21.4 Å². The number of nitrogens with zero attached hydrogens (tertiary/aromatic N) is 1. The summed E-state index contributed by atoms with van der Waals surface area (Å²) in [6.07, 6.45) is 22.3. The molecule has 0 radical (unpaired) electrons. The normalized spacial score (nSPS) is 31.2. The molecular formula is C18H29NOS. The molecule has 1 unspecified atom stereocenters. The zero-order valence-electron chi connectivity index (χ0n) is 13.0. The zero-order valence-corrected chi connectivity index (χ0v) is 13.9. The van der Waals surface area contributed by atoms with Gasteiger partial charge in [0.2, 0.25) is 0 Å². The van der Waals surface area contributed by atoms with Crippen molar-refractivity contribution in [3.8, 4) is 0 Å². The third-order valence-corrected chi connectivity index (χ3v) is 6.10. The lowest BCUT2D eigenvalue weighted by Gasteiger charge is -2.26. The highest BCUT2D eigenvalue weighted by atomic mass is 32.2. The van der Waals surface area contributed by atoms with Gasteiger partial charge in [-0.15, -0.1) is 11.8 Å². The first-order valence-electron chi connectivity index (χ1n) is 8.56. The molecule has 0 saturated heterocycles. The molecule has 0 bridgehead atoms. The van der Waals surface area contributed by atoms with E-state index in [4.69, 9.17) is 0 Å². The van der Waals surface area contributed by atoms with Crippen molar-refractivity contribution in [2.75, 3.05) is 0 Å². The van der Waals surface area contributed by atoms with Gasteiger partial charge in [-0.25, -0.2) is 0 Å². The maximum Gasteiger partial charge on any atom is 0.0703 e. The van der Waals surface area contributed by atoms with Gasteiger partial charge in [0.1, 0.15) is 0 Å². The van der Waals surface area contributed by atoms with Crippen LogP contribution in [0.3, 0.4) is 0 Å². The molecule has 3 heteroatoms. The molecule has 0 aromatic heterocycles. The van der Waals surface area contributed by atoms with E-state index in [0.717, 1.165) is 49.5 Å². The second-order valence-corrected chi connectivity index (χ2v) is 7.62. The van der Waals surface area contributed by atoms with Gasteiger partial charge in [0.15, 0.2) is 0 Å². The first kappa shape index (κ1) is 16.7. The summed E-state index contributed by atoms with van der Waals surface area (Å²) in [5, 5.41) is 14.3. The van der Waals surface area contributed by atoms with Crippen LogP contribution >= 0.6 is 11.8 Å². The van der Waals surface area contributed by atoms with Crippen molar-refractivity contribution in [3.63, 3.8) is 0 Å². The van der Waals surface area contributed by atoms with Crippen LogP contribution in [0.15, 0.2) is 29.5 Å². The fourth-order valence-corrected chi connectivity index (χ4v) is 4.83. The molecule has 2 aliphatic carbocycles. The van der Waals surface area contributed by atoms with Crippen molar-refractivity contribution < 1.29 is 5.21 Å². The van der Waals surface area contributed by atoms with Gasteiger partial charge in [-0.3, -0.25) is 0 Å². The molecule has 0 spiro atoms. The fraction of sp³-hybridized carbons (Fsp3) is 0.722. The molecule has 2 aliphatic rings. The smallest absolute Gasteiger partial charge is 0.0703 e.